The number of likely N-dealkylation sites (tertiary alicyclic amines) is 1. The van der Waals surface area contributed by atoms with E-state index in [-0.39, 0.29) is 36.3 Å². The number of nitrogens with one attached hydrogen (secondary N) is 1. The standard InChI is InChI=1S/C21H29N3O4/c1-14(2)15-5-4-6-18(11-15)24-13-16(12-19(24)25)20(26)22-17-7-9-23(10-8-17)21(27)28-3/h4-6,11,14,16-17H,7-10,12-13H2,1-3H3,(H,22,26). The van der Waals surface area contributed by atoms with Crippen molar-refractivity contribution in [3.8, 4) is 0 Å². The molecule has 7 heteroatoms. The molecule has 0 saturated carbocycles. The largest absolute Gasteiger partial charge is 0.453 e. The maximum Gasteiger partial charge on any atom is 0.409 e. The molecule has 0 bridgehead atoms. The van der Waals surface area contributed by atoms with Crippen LogP contribution in [0.15, 0.2) is 24.3 Å². The number of hydrogen-bond acceptors (Lipinski definition) is 4. The maximum absolute atomic E-state index is 12.7. The molecular formula is C21H29N3O4. The van der Waals surface area contributed by atoms with Crippen molar-refractivity contribution < 1.29 is 19.1 Å². The van der Waals surface area contributed by atoms with Crippen molar-refractivity contribution in [3.63, 3.8) is 0 Å². The number of benzene rings is 1. The number of carbonyl (C=O) groups excluding carboxylic acids is 3. The van der Waals surface area contributed by atoms with Crippen molar-refractivity contribution in [1.82, 2.24) is 10.2 Å². The lowest BCUT2D eigenvalue weighted by Gasteiger charge is -2.31. The van der Waals surface area contributed by atoms with Crippen LogP contribution in [0.1, 0.15) is 44.6 Å². The van der Waals surface area contributed by atoms with Crippen LogP contribution in [0.25, 0.3) is 0 Å². The first-order valence-corrected chi connectivity index (χ1v) is 9.92. The Bertz CT molecular complexity index is 741. The monoisotopic (exact) mass is 387 g/mol. The Kier molecular flexibility index (Phi) is 6.21. The van der Waals surface area contributed by atoms with Crippen molar-refractivity contribution >= 4 is 23.6 Å². The van der Waals surface area contributed by atoms with Gasteiger partial charge in [0.15, 0.2) is 0 Å². The van der Waals surface area contributed by atoms with Gasteiger partial charge >= 0.3 is 6.09 Å². The number of methoxy groups -OCH3 is 1. The molecule has 2 aliphatic heterocycles. The fourth-order valence-corrected chi connectivity index (χ4v) is 3.84. The summed E-state index contributed by atoms with van der Waals surface area (Å²) >= 11 is 0. The molecular weight excluding hydrogens is 358 g/mol. The van der Waals surface area contributed by atoms with Crippen molar-refractivity contribution in [2.45, 2.75) is 45.1 Å². The highest BCUT2D eigenvalue weighted by Crippen LogP contribution is 2.28. The summed E-state index contributed by atoms with van der Waals surface area (Å²) in [5.41, 5.74) is 2.04. The first-order valence-electron chi connectivity index (χ1n) is 9.92. The van der Waals surface area contributed by atoms with Crippen LogP contribution >= 0.6 is 0 Å². The number of piperidine rings is 1. The van der Waals surface area contributed by atoms with Crippen LogP contribution < -0.4 is 10.2 Å². The minimum Gasteiger partial charge on any atom is -0.453 e. The Morgan fingerprint density at radius 3 is 2.57 bits per heavy atom. The number of carbonyl (C=O) groups is 3. The number of hydrogen-bond donors (Lipinski definition) is 1. The van der Waals surface area contributed by atoms with E-state index < -0.39 is 0 Å². The molecule has 2 aliphatic rings. The van der Waals surface area contributed by atoms with Crippen LogP contribution in [0.5, 0.6) is 0 Å². The van der Waals surface area contributed by atoms with Crippen LogP contribution in [0, 0.1) is 5.92 Å². The highest BCUT2D eigenvalue weighted by molar-refractivity contribution is 6.00. The zero-order chi connectivity index (χ0) is 20.3. The van der Waals surface area contributed by atoms with Gasteiger partial charge in [0, 0.05) is 37.8 Å². The predicted molar refractivity (Wildman–Crippen MR) is 106 cm³/mol. The quantitative estimate of drug-likeness (QED) is 0.861. The Hall–Kier alpha value is -2.57. The van der Waals surface area contributed by atoms with Gasteiger partial charge in [-0.3, -0.25) is 9.59 Å². The molecule has 1 aromatic rings. The second kappa shape index (κ2) is 8.63. The van der Waals surface area contributed by atoms with Crippen LogP contribution in [-0.4, -0.2) is 55.6 Å². The molecule has 152 valence electrons. The smallest absolute Gasteiger partial charge is 0.409 e. The molecule has 1 aromatic carbocycles. The third-order valence-electron chi connectivity index (χ3n) is 5.62. The summed E-state index contributed by atoms with van der Waals surface area (Å²) in [6.45, 7) is 5.78. The van der Waals surface area contributed by atoms with E-state index in [0.717, 1.165) is 5.69 Å². The van der Waals surface area contributed by atoms with Crippen LogP contribution in [0.4, 0.5) is 10.5 Å². The van der Waals surface area contributed by atoms with Crippen molar-refractivity contribution in [2.75, 3.05) is 31.6 Å². The molecule has 7 nitrogen and oxygen atoms in total. The molecule has 2 heterocycles. The Morgan fingerprint density at radius 2 is 1.93 bits per heavy atom. The van der Waals surface area contributed by atoms with Crippen LogP contribution in [0.3, 0.4) is 0 Å². The van der Waals surface area contributed by atoms with Gasteiger partial charge in [-0.1, -0.05) is 26.0 Å². The zero-order valence-electron chi connectivity index (χ0n) is 16.8. The highest BCUT2D eigenvalue weighted by Gasteiger charge is 2.36. The SMILES string of the molecule is COC(=O)N1CCC(NC(=O)C2CC(=O)N(c3cccc(C(C)C)c3)C2)CC1. The molecule has 1 N–H and O–H groups in total. The lowest BCUT2D eigenvalue weighted by atomic mass is 10.0. The van der Waals surface area contributed by atoms with Gasteiger partial charge in [-0.25, -0.2) is 4.79 Å². The van der Waals surface area contributed by atoms with Gasteiger partial charge in [-0.05, 0) is 36.5 Å². The molecule has 2 saturated heterocycles. The summed E-state index contributed by atoms with van der Waals surface area (Å²) in [6.07, 6.45) is 1.30. The Balaban J connectivity index is 1.56. The van der Waals surface area contributed by atoms with E-state index in [2.05, 4.69) is 25.2 Å². The fourth-order valence-electron chi connectivity index (χ4n) is 3.84. The van der Waals surface area contributed by atoms with E-state index in [1.807, 2.05) is 18.2 Å². The first kappa shape index (κ1) is 20.2. The second-order valence-corrected chi connectivity index (χ2v) is 7.90. The van der Waals surface area contributed by atoms with Crippen LogP contribution in [-0.2, 0) is 14.3 Å². The molecule has 28 heavy (non-hydrogen) atoms. The summed E-state index contributed by atoms with van der Waals surface area (Å²) < 4.78 is 4.73. The van der Waals surface area contributed by atoms with E-state index in [1.165, 1.54) is 12.7 Å². The normalized spacial score (nSPS) is 20.6. The summed E-state index contributed by atoms with van der Waals surface area (Å²) in [6, 6.07) is 8.00. The lowest BCUT2D eigenvalue weighted by Crippen LogP contribution is -2.48. The topological polar surface area (TPSA) is 79.0 Å². The Morgan fingerprint density at radius 1 is 1.21 bits per heavy atom. The van der Waals surface area contributed by atoms with Crippen LogP contribution in [0.2, 0.25) is 0 Å². The van der Waals surface area contributed by atoms with Gasteiger partial charge in [-0.15, -0.1) is 0 Å². The van der Waals surface area contributed by atoms with E-state index in [9.17, 15) is 14.4 Å². The van der Waals surface area contributed by atoms with Crippen molar-refractivity contribution in [1.29, 1.82) is 0 Å². The molecule has 3 amide bonds. The number of amides is 3. The van der Waals surface area contributed by atoms with Gasteiger partial charge < -0.3 is 19.9 Å². The molecule has 0 aliphatic carbocycles. The molecule has 1 unspecified atom stereocenters. The number of nitrogens with zero attached hydrogens (tertiary/aromatic N) is 2. The average Bonchev–Trinajstić information content (AvgIpc) is 3.10. The minimum atomic E-state index is -0.339. The van der Waals surface area contributed by atoms with E-state index in [0.29, 0.717) is 38.4 Å². The van der Waals surface area contributed by atoms with Gasteiger partial charge in [0.05, 0.1) is 13.0 Å². The molecule has 3 rings (SSSR count). The Labute approximate surface area is 166 Å². The number of anilines is 1. The van der Waals surface area contributed by atoms with Crippen molar-refractivity contribution in [2.24, 2.45) is 5.92 Å². The predicted octanol–water partition coefficient (Wildman–Crippen LogP) is 2.51. The fraction of sp³-hybridized carbons (Fsp3) is 0.571. The highest BCUT2D eigenvalue weighted by atomic mass is 16.5. The summed E-state index contributed by atoms with van der Waals surface area (Å²) in [5.74, 6) is -0.0459. The molecule has 0 radical (unpaired) electrons. The molecule has 2 fully saturated rings. The summed E-state index contributed by atoms with van der Waals surface area (Å²) in [7, 11) is 1.37. The zero-order valence-corrected chi connectivity index (χ0v) is 16.8. The lowest BCUT2D eigenvalue weighted by molar-refractivity contribution is -0.127. The molecule has 1 atom stereocenters. The second-order valence-electron chi connectivity index (χ2n) is 7.90. The number of ether oxygens (including phenoxy) is 1. The third-order valence-corrected chi connectivity index (χ3v) is 5.62. The third kappa shape index (κ3) is 4.46. The van der Waals surface area contributed by atoms with Gasteiger partial charge in [0.1, 0.15) is 0 Å². The van der Waals surface area contributed by atoms with E-state index >= 15 is 0 Å². The molecule has 0 spiro atoms. The first-order chi connectivity index (χ1) is 13.4. The van der Waals surface area contributed by atoms with Crippen molar-refractivity contribution in [3.05, 3.63) is 29.8 Å². The van der Waals surface area contributed by atoms with Gasteiger partial charge in [-0.2, -0.15) is 0 Å². The maximum atomic E-state index is 12.7. The summed E-state index contributed by atoms with van der Waals surface area (Å²) in [4.78, 5) is 40.1. The average molecular weight is 387 g/mol. The van der Waals surface area contributed by atoms with Gasteiger partial charge in [0.25, 0.3) is 0 Å². The van der Waals surface area contributed by atoms with Gasteiger partial charge in [0.2, 0.25) is 11.8 Å². The van der Waals surface area contributed by atoms with E-state index in [4.69, 9.17) is 4.74 Å². The molecule has 0 aromatic heterocycles. The number of rotatable bonds is 4. The summed E-state index contributed by atoms with van der Waals surface area (Å²) in [5, 5.41) is 3.06. The van der Waals surface area contributed by atoms with E-state index in [1.54, 1.807) is 9.80 Å². The minimum absolute atomic E-state index is 0.0124.